The maximum Gasteiger partial charge on any atom is 0.265 e. The maximum absolute atomic E-state index is 11.6. The third-order valence-electron chi connectivity index (χ3n) is 1.07. The van der Waals surface area contributed by atoms with Crippen LogP contribution in [0.15, 0.2) is 12.2 Å². The normalized spacial score (nSPS) is 13.5. The fourth-order valence-electron chi connectivity index (χ4n) is 0.523. The molecule has 0 fully saturated rings. The number of alkyl halides is 2. The quantitative estimate of drug-likeness (QED) is 0.590. The highest BCUT2D eigenvalue weighted by Crippen LogP contribution is 1.98. The monoisotopic (exact) mass is 165 g/mol. The number of aliphatic hydroxyl groups is 1. The first kappa shape index (κ1) is 10.5. The number of halogens is 2. The average molecular weight is 165 g/mol. The molecule has 0 bridgehead atoms. The van der Waals surface area contributed by atoms with Crippen LogP contribution in [0.2, 0.25) is 0 Å². The van der Waals surface area contributed by atoms with E-state index in [2.05, 4.69) is 11.9 Å². The molecular weight excluding hydrogens is 152 g/mol. The molecule has 0 heterocycles. The van der Waals surface area contributed by atoms with E-state index in [0.29, 0.717) is 6.54 Å². The van der Waals surface area contributed by atoms with Crippen LogP contribution in [0.4, 0.5) is 8.78 Å². The molecule has 0 rings (SSSR count). The van der Waals surface area contributed by atoms with Crippen molar-refractivity contribution in [3.63, 3.8) is 0 Å². The summed E-state index contributed by atoms with van der Waals surface area (Å²) < 4.78 is 23.3. The number of hydrogen-bond acceptors (Lipinski definition) is 2. The van der Waals surface area contributed by atoms with Gasteiger partial charge in [-0.3, -0.25) is 0 Å². The van der Waals surface area contributed by atoms with Gasteiger partial charge in [-0.05, 0) is 6.92 Å². The molecule has 0 aliphatic rings. The minimum absolute atomic E-state index is 0.0927. The van der Waals surface area contributed by atoms with E-state index in [9.17, 15) is 8.78 Å². The first-order valence-electron chi connectivity index (χ1n) is 3.35. The molecule has 0 radical (unpaired) electrons. The molecule has 0 aromatic rings. The lowest BCUT2D eigenvalue weighted by molar-refractivity contribution is -0.00282. The molecule has 1 unspecified atom stereocenters. The number of hydrogen-bond donors (Lipinski definition) is 2. The number of rotatable bonds is 5. The SMILES string of the molecule is C=C(C)CNCC(O)C(F)F. The molecule has 0 aromatic carbocycles. The van der Waals surface area contributed by atoms with E-state index < -0.39 is 12.5 Å². The molecule has 0 saturated carbocycles. The Bertz CT molecular complexity index is 128. The van der Waals surface area contributed by atoms with Crippen LogP contribution >= 0.6 is 0 Å². The Morgan fingerprint density at radius 3 is 2.55 bits per heavy atom. The molecule has 0 aliphatic carbocycles. The molecule has 0 saturated heterocycles. The molecule has 0 aromatic heterocycles. The van der Waals surface area contributed by atoms with E-state index in [1.807, 2.05) is 0 Å². The summed E-state index contributed by atoms with van der Waals surface area (Å²) in [6.07, 6.45) is -4.25. The van der Waals surface area contributed by atoms with E-state index in [0.717, 1.165) is 5.57 Å². The Labute approximate surface area is 64.9 Å². The highest BCUT2D eigenvalue weighted by Gasteiger charge is 2.15. The predicted molar refractivity (Wildman–Crippen MR) is 39.7 cm³/mol. The second-order valence-electron chi connectivity index (χ2n) is 2.49. The van der Waals surface area contributed by atoms with Gasteiger partial charge in [-0.25, -0.2) is 8.78 Å². The molecule has 1 atom stereocenters. The number of aliphatic hydroxyl groups excluding tert-OH is 1. The van der Waals surface area contributed by atoms with Crippen LogP contribution in [0, 0.1) is 0 Å². The molecule has 0 aliphatic heterocycles. The third kappa shape index (κ3) is 5.94. The van der Waals surface area contributed by atoms with Gasteiger partial charge in [0, 0.05) is 13.1 Å². The van der Waals surface area contributed by atoms with Gasteiger partial charge in [-0.1, -0.05) is 12.2 Å². The first-order chi connectivity index (χ1) is 5.04. The predicted octanol–water partition coefficient (Wildman–Crippen LogP) is 0.778. The van der Waals surface area contributed by atoms with Gasteiger partial charge in [-0.15, -0.1) is 0 Å². The maximum atomic E-state index is 11.6. The molecule has 4 heteroatoms. The van der Waals surface area contributed by atoms with Crippen molar-refractivity contribution in [2.24, 2.45) is 0 Å². The van der Waals surface area contributed by atoms with Crippen LogP contribution in [-0.4, -0.2) is 30.7 Å². The lowest BCUT2D eigenvalue weighted by atomic mass is 10.3. The Morgan fingerprint density at radius 1 is 1.64 bits per heavy atom. The van der Waals surface area contributed by atoms with E-state index >= 15 is 0 Å². The molecular formula is C7H13F2NO. The van der Waals surface area contributed by atoms with Gasteiger partial charge >= 0.3 is 0 Å². The van der Waals surface area contributed by atoms with Crippen molar-refractivity contribution in [2.45, 2.75) is 19.5 Å². The fourth-order valence-corrected chi connectivity index (χ4v) is 0.523. The van der Waals surface area contributed by atoms with E-state index in [1.165, 1.54) is 0 Å². The zero-order valence-electron chi connectivity index (χ0n) is 6.48. The summed E-state index contributed by atoms with van der Waals surface area (Å²) in [5, 5.41) is 11.2. The standard InChI is InChI=1S/C7H13F2NO/c1-5(2)3-10-4-6(11)7(8)9/h6-7,10-11H,1,3-4H2,2H3. The summed E-state index contributed by atoms with van der Waals surface area (Å²) in [5.74, 6) is 0. The van der Waals surface area contributed by atoms with Crippen LogP contribution < -0.4 is 5.32 Å². The highest BCUT2D eigenvalue weighted by molar-refractivity contribution is 4.90. The molecule has 11 heavy (non-hydrogen) atoms. The summed E-state index contributed by atoms with van der Waals surface area (Å²) in [5.41, 5.74) is 0.853. The van der Waals surface area contributed by atoms with Crippen molar-refractivity contribution in [1.82, 2.24) is 5.32 Å². The second kappa shape index (κ2) is 5.21. The van der Waals surface area contributed by atoms with Gasteiger partial charge in [0.1, 0.15) is 6.10 Å². The minimum atomic E-state index is -2.67. The van der Waals surface area contributed by atoms with Gasteiger partial charge < -0.3 is 10.4 Å². The summed E-state index contributed by atoms with van der Waals surface area (Å²) >= 11 is 0. The third-order valence-corrected chi connectivity index (χ3v) is 1.07. The lowest BCUT2D eigenvalue weighted by Gasteiger charge is -2.09. The van der Waals surface area contributed by atoms with Crippen LogP contribution in [0.25, 0.3) is 0 Å². The Hall–Kier alpha value is -0.480. The van der Waals surface area contributed by atoms with Gasteiger partial charge in [0.2, 0.25) is 0 Å². The van der Waals surface area contributed by atoms with Crippen LogP contribution in [0.3, 0.4) is 0 Å². The first-order valence-corrected chi connectivity index (χ1v) is 3.35. The van der Waals surface area contributed by atoms with Crippen molar-refractivity contribution >= 4 is 0 Å². The largest absolute Gasteiger partial charge is 0.386 e. The van der Waals surface area contributed by atoms with Crippen molar-refractivity contribution in [3.8, 4) is 0 Å². The zero-order chi connectivity index (χ0) is 8.85. The smallest absolute Gasteiger partial charge is 0.265 e. The van der Waals surface area contributed by atoms with Gasteiger partial charge in [0.25, 0.3) is 6.43 Å². The number of nitrogens with one attached hydrogen (secondary N) is 1. The summed E-state index contributed by atoms with van der Waals surface area (Å²) in [4.78, 5) is 0. The molecule has 2 N–H and O–H groups in total. The van der Waals surface area contributed by atoms with Crippen molar-refractivity contribution in [1.29, 1.82) is 0 Å². The van der Waals surface area contributed by atoms with E-state index in [4.69, 9.17) is 5.11 Å². The Kier molecular flexibility index (Phi) is 4.98. The summed E-state index contributed by atoms with van der Waals surface area (Å²) in [6, 6.07) is 0. The van der Waals surface area contributed by atoms with Crippen LogP contribution in [-0.2, 0) is 0 Å². The summed E-state index contributed by atoms with van der Waals surface area (Å²) in [6.45, 7) is 5.71. The molecule has 0 amide bonds. The van der Waals surface area contributed by atoms with Crippen LogP contribution in [0.5, 0.6) is 0 Å². The van der Waals surface area contributed by atoms with E-state index in [1.54, 1.807) is 6.92 Å². The summed E-state index contributed by atoms with van der Waals surface area (Å²) in [7, 11) is 0. The zero-order valence-corrected chi connectivity index (χ0v) is 6.48. The molecule has 0 spiro atoms. The minimum Gasteiger partial charge on any atom is -0.386 e. The van der Waals surface area contributed by atoms with Gasteiger partial charge in [-0.2, -0.15) is 0 Å². The topological polar surface area (TPSA) is 32.3 Å². The molecule has 66 valence electrons. The lowest BCUT2D eigenvalue weighted by Crippen LogP contribution is -2.32. The highest BCUT2D eigenvalue weighted by atomic mass is 19.3. The van der Waals surface area contributed by atoms with Crippen molar-refractivity contribution in [2.75, 3.05) is 13.1 Å². The fraction of sp³-hybridized carbons (Fsp3) is 0.714. The van der Waals surface area contributed by atoms with Crippen molar-refractivity contribution < 1.29 is 13.9 Å². The van der Waals surface area contributed by atoms with Crippen molar-refractivity contribution in [3.05, 3.63) is 12.2 Å². The Balaban J connectivity index is 3.31. The van der Waals surface area contributed by atoms with E-state index in [-0.39, 0.29) is 6.54 Å². The van der Waals surface area contributed by atoms with Gasteiger partial charge in [0.15, 0.2) is 0 Å². The Morgan fingerprint density at radius 2 is 2.18 bits per heavy atom. The second-order valence-corrected chi connectivity index (χ2v) is 2.49. The molecule has 2 nitrogen and oxygen atoms in total. The average Bonchev–Trinajstić information content (AvgIpc) is 1.86. The van der Waals surface area contributed by atoms with Gasteiger partial charge in [0.05, 0.1) is 0 Å². The van der Waals surface area contributed by atoms with Crippen LogP contribution in [0.1, 0.15) is 6.92 Å².